The molecular weight excluding hydrogens is 324 g/mol. The van der Waals surface area contributed by atoms with Gasteiger partial charge in [-0.3, -0.25) is 10.1 Å². The van der Waals surface area contributed by atoms with E-state index in [1.165, 1.54) is 0 Å². The van der Waals surface area contributed by atoms with Crippen molar-refractivity contribution in [3.63, 3.8) is 0 Å². The Morgan fingerprint density at radius 3 is 2.25 bits per heavy atom. The Hall–Kier alpha value is -2.47. The molecule has 0 aliphatic heterocycles. The van der Waals surface area contributed by atoms with Gasteiger partial charge in [0.15, 0.2) is 0 Å². The predicted octanol–water partition coefficient (Wildman–Crippen LogP) is 4.54. The molecule has 126 valence electrons. The van der Waals surface area contributed by atoms with Crippen LogP contribution >= 0.6 is 11.8 Å². The third-order valence-corrected chi connectivity index (χ3v) is 4.19. The van der Waals surface area contributed by atoms with Gasteiger partial charge < -0.3 is 10.1 Å². The molecule has 2 amide bonds. The monoisotopic (exact) mass is 344 g/mol. The molecule has 0 fully saturated rings. The highest BCUT2D eigenvalue weighted by Gasteiger charge is 2.11. The van der Waals surface area contributed by atoms with E-state index in [0.29, 0.717) is 23.5 Å². The number of benzene rings is 2. The maximum atomic E-state index is 12.4. The molecule has 6 heteroatoms. The van der Waals surface area contributed by atoms with Crippen LogP contribution in [0.2, 0.25) is 0 Å². The molecule has 0 radical (unpaired) electrons. The average Bonchev–Trinajstić information content (AvgIpc) is 2.58. The van der Waals surface area contributed by atoms with E-state index >= 15 is 0 Å². The molecule has 0 atom stereocenters. The van der Waals surface area contributed by atoms with Crippen molar-refractivity contribution in [2.45, 2.75) is 18.7 Å². The van der Waals surface area contributed by atoms with E-state index in [4.69, 9.17) is 4.74 Å². The molecule has 0 aliphatic carbocycles. The minimum absolute atomic E-state index is 0.195. The standard InChI is InChI=1S/C18H20N2O3S/c1-4-23-18(22)20-16-7-5-6-15(12(16)2)19-17(21)13-8-10-14(24-3)11-9-13/h5-11H,4H2,1-3H3,(H,19,21)(H,20,22). The average molecular weight is 344 g/mol. The van der Waals surface area contributed by atoms with Crippen molar-refractivity contribution >= 4 is 35.1 Å². The van der Waals surface area contributed by atoms with Crippen LogP contribution in [0.3, 0.4) is 0 Å². The third kappa shape index (κ3) is 4.52. The maximum Gasteiger partial charge on any atom is 0.411 e. The van der Waals surface area contributed by atoms with Gasteiger partial charge in [-0.05, 0) is 62.1 Å². The number of nitrogens with one attached hydrogen (secondary N) is 2. The van der Waals surface area contributed by atoms with Gasteiger partial charge in [-0.25, -0.2) is 4.79 Å². The van der Waals surface area contributed by atoms with Crippen LogP contribution in [0.25, 0.3) is 0 Å². The van der Waals surface area contributed by atoms with Gasteiger partial charge in [0.1, 0.15) is 0 Å². The molecule has 2 rings (SSSR count). The van der Waals surface area contributed by atoms with Crippen molar-refractivity contribution in [3.05, 3.63) is 53.6 Å². The summed E-state index contributed by atoms with van der Waals surface area (Å²) >= 11 is 1.62. The molecule has 0 saturated carbocycles. The molecule has 0 bridgehead atoms. The second-order valence-electron chi connectivity index (χ2n) is 5.01. The third-order valence-electron chi connectivity index (χ3n) is 3.45. The molecule has 0 aliphatic rings. The van der Waals surface area contributed by atoms with E-state index in [-0.39, 0.29) is 5.91 Å². The van der Waals surface area contributed by atoms with E-state index in [1.807, 2.05) is 25.3 Å². The summed E-state index contributed by atoms with van der Waals surface area (Å²) in [6.45, 7) is 3.87. The first-order valence-electron chi connectivity index (χ1n) is 7.54. The molecule has 0 heterocycles. The lowest BCUT2D eigenvalue weighted by molar-refractivity contribution is 0.102. The highest BCUT2D eigenvalue weighted by molar-refractivity contribution is 7.98. The number of hydrogen-bond donors (Lipinski definition) is 2. The largest absolute Gasteiger partial charge is 0.450 e. The molecule has 0 unspecified atom stereocenters. The van der Waals surface area contributed by atoms with Gasteiger partial charge in [0, 0.05) is 21.8 Å². The minimum atomic E-state index is -0.517. The molecule has 0 aromatic heterocycles. The zero-order chi connectivity index (χ0) is 17.5. The van der Waals surface area contributed by atoms with Crippen LogP contribution < -0.4 is 10.6 Å². The van der Waals surface area contributed by atoms with E-state index in [0.717, 1.165) is 10.5 Å². The summed E-state index contributed by atoms with van der Waals surface area (Å²) in [6, 6.07) is 12.7. The van der Waals surface area contributed by atoms with Gasteiger partial charge >= 0.3 is 6.09 Å². The maximum absolute atomic E-state index is 12.4. The van der Waals surface area contributed by atoms with Crippen molar-refractivity contribution < 1.29 is 14.3 Å². The normalized spacial score (nSPS) is 10.1. The van der Waals surface area contributed by atoms with Gasteiger partial charge in [-0.1, -0.05) is 6.07 Å². The molecule has 2 N–H and O–H groups in total. The Balaban J connectivity index is 2.14. The van der Waals surface area contributed by atoms with Crippen LogP contribution in [-0.2, 0) is 4.74 Å². The van der Waals surface area contributed by atoms with Crippen LogP contribution in [0.1, 0.15) is 22.8 Å². The Morgan fingerprint density at radius 2 is 1.67 bits per heavy atom. The Morgan fingerprint density at radius 1 is 1.04 bits per heavy atom. The van der Waals surface area contributed by atoms with Crippen LogP contribution in [0.5, 0.6) is 0 Å². The van der Waals surface area contributed by atoms with Crippen molar-refractivity contribution in [2.24, 2.45) is 0 Å². The predicted molar refractivity (Wildman–Crippen MR) is 98.0 cm³/mol. The summed E-state index contributed by atoms with van der Waals surface area (Å²) in [4.78, 5) is 25.0. The smallest absolute Gasteiger partial charge is 0.411 e. The summed E-state index contributed by atoms with van der Waals surface area (Å²) in [5, 5.41) is 5.54. The fourth-order valence-corrected chi connectivity index (χ4v) is 2.53. The summed E-state index contributed by atoms with van der Waals surface area (Å²) in [5.41, 5.74) is 2.59. The van der Waals surface area contributed by atoms with Crippen LogP contribution in [0.4, 0.5) is 16.2 Å². The van der Waals surface area contributed by atoms with Gasteiger partial charge in [-0.15, -0.1) is 11.8 Å². The van der Waals surface area contributed by atoms with Crippen LogP contribution in [-0.4, -0.2) is 24.9 Å². The number of hydrogen-bond acceptors (Lipinski definition) is 4. The zero-order valence-electron chi connectivity index (χ0n) is 13.9. The number of rotatable bonds is 5. The Bertz CT molecular complexity index is 730. The van der Waals surface area contributed by atoms with E-state index in [2.05, 4.69) is 10.6 Å². The lowest BCUT2D eigenvalue weighted by atomic mass is 10.1. The van der Waals surface area contributed by atoms with E-state index in [9.17, 15) is 9.59 Å². The number of ether oxygens (including phenoxy) is 1. The molecule has 5 nitrogen and oxygen atoms in total. The summed E-state index contributed by atoms with van der Waals surface area (Å²) in [5.74, 6) is -0.195. The number of amides is 2. The number of thioether (sulfide) groups is 1. The van der Waals surface area contributed by atoms with Gasteiger partial charge in [0.2, 0.25) is 0 Å². The molecule has 0 saturated heterocycles. The summed E-state index contributed by atoms with van der Waals surface area (Å²) in [6.07, 6.45) is 1.47. The highest BCUT2D eigenvalue weighted by atomic mass is 32.2. The SMILES string of the molecule is CCOC(=O)Nc1cccc(NC(=O)c2ccc(SC)cc2)c1C. The summed E-state index contributed by atoms with van der Waals surface area (Å²) < 4.78 is 4.87. The second kappa shape index (κ2) is 8.40. The number of anilines is 2. The van der Waals surface area contributed by atoms with Crippen molar-refractivity contribution in [2.75, 3.05) is 23.5 Å². The van der Waals surface area contributed by atoms with Crippen LogP contribution in [0, 0.1) is 6.92 Å². The Kier molecular flexibility index (Phi) is 6.26. The Labute approximate surface area is 145 Å². The van der Waals surface area contributed by atoms with Crippen molar-refractivity contribution in [3.8, 4) is 0 Å². The lowest BCUT2D eigenvalue weighted by Gasteiger charge is -2.13. The number of carbonyl (C=O) groups is 2. The van der Waals surface area contributed by atoms with E-state index < -0.39 is 6.09 Å². The fourth-order valence-electron chi connectivity index (χ4n) is 2.12. The molecule has 2 aromatic rings. The molecule has 2 aromatic carbocycles. The molecule has 0 spiro atoms. The van der Waals surface area contributed by atoms with Crippen molar-refractivity contribution in [1.29, 1.82) is 0 Å². The van der Waals surface area contributed by atoms with Crippen LogP contribution in [0.15, 0.2) is 47.4 Å². The molecule has 24 heavy (non-hydrogen) atoms. The first kappa shape index (κ1) is 17.9. The second-order valence-corrected chi connectivity index (χ2v) is 5.89. The van der Waals surface area contributed by atoms with Gasteiger partial charge in [0.05, 0.1) is 6.61 Å². The first-order valence-corrected chi connectivity index (χ1v) is 8.76. The molecular formula is C18H20N2O3S. The van der Waals surface area contributed by atoms with Crippen molar-refractivity contribution in [1.82, 2.24) is 0 Å². The quantitative estimate of drug-likeness (QED) is 0.782. The minimum Gasteiger partial charge on any atom is -0.450 e. The van der Waals surface area contributed by atoms with Gasteiger partial charge in [-0.2, -0.15) is 0 Å². The zero-order valence-corrected chi connectivity index (χ0v) is 14.7. The number of carbonyl (C=O) groups excluding carboxylic acids is 2. The topological polar surface area (TPSA) is 67.4 Å². The van der Waals surface area contributed by atoms with Gasteiger partial charge in [0.25, 0.3) is 5.91 Å². The highest BCUT2D eigenvalue weighted by Crippen LogP contribution is 2.24. The van der Waals surface area contributed by atoms with E-state index in [1.54, 1.807) is 49.0 Å². The summed E-state index contributed by atoms with van der Waals surface area (Å²) in [7, 11) is 0. The first-order chi connectivity index (χ1) is 11.5. The fraction of sp³-hybridized carbons (Fsp3) is 0.222. The lowest BCUT2D eigenvalue weighted by Crippen LogP contribution is -2.16.